The molecule has 2 aromatic rings. The number of benzene rings is 1. The lowest BCUT2D eigenvalue weighted by molar-refractivity contribution is -0.0313. The number of carbonyl (C=O) groups excluding carboxylic acids is 1. The fourth-order valence-corrected chi connectivity index (χ4v) is 3.64. The standard InChI is InChI=1S/C20H19ClN2O4/c21-16-9-15(20(25)26)10-22-18(16)13-2-1-3-14(8-13)19(24)23-6-7-27-17(11-23)12-4-5-12/h1-3,8-10,12,17H,4-7,11H2,(H,25,26)/t17-/m1/s1. The maximum atomic E-state index is 12.9. The average Bonchev–Trinajstić information content (AvgIpc) is 3.53. The summed E-state index contributed by atoms with van der Waals surface area (Å²) in [5.41, 5.74) is 1.71. The zero-order chi connectivity index (χ0) is 19.0. The third-order valence-corrected chi connectivity index (χ3v) is 5.29. The molecule has 1 aliphatic heterocycles. The van der Waals surface area contributed by atoms with Gasteiger partial charge >= 0.3 is 5.97 Å². The first-order valence-electron chi connectivity index (χ1n) is 8.93. The molecule has 1 atom stereocenters. The molecule has 1 aliphatic carbocycles. The summed E-state index contributed by atoms with van der Waals surface area (Å²) in [4.78, 5) is 30.0. The summed E-state index contributed by atoms with van der Waals surface area (Å²) >= 11 is 6.21. The van der Waals surface area contributed by atoms with E-state index < -0.39 is 5.97 Å². The van der Waals surface area contributed by atoms with Gasteiger partial charge in [0.05, 0.1) is 29.0 Å². The molecule has 0 unspecified atom stereocenters. The first-order chi connectivity index (χ1) is 13.0. The fraction of sp³-hybridized carbons (Fsp3) is 0.350. The molecular weight excluding hydrogens is 368 g/mol. The largest absolute Gasteiger partial charge is 0.478 e. The van der Waals surface area contributed by atoms with E-state index in [1.807, 2.05) is 4.90 Å². The molecule has 1 amide bonds. The number of hydrogen-bond acceptors (Lipinski definition) is 4. The lowest BCUT2D eigenvalue weighted by Gasteiger charge is -2.33. The Bertz CT molecular complexity index is 897. The lowest BCUT2D eigenvalue weighted by Crippen LogP contribution is -2.46. The fourth-order valence-electron chi connectivity index (χ4n) is 3.36. The molecule has 4 rings (SSSR count). The number of halogens is 1. The van der Waals surface area contributed by atoms with Crippen LogP contribution in [0.2, 0.25) is 5.02 Å². The number of aromatic nitrogens is 1. The van der Waals surface area contributed by atoms with E-state index in [0.717, 1.165) is 0 Å². The summed E-state index contributed by atoms with van der Waals surface area (Å²) in [6, 6.07) is 8.47. The van der Waals surface area contributed by atoms with E-state index in [1.54, 1.807) is 24.3 Å². The van der Waals surface area contributed by atoms with Gasteiger partial charge in [0.1, 0.15) is 0 Å². The molecule has 1 saturated heterocycles. The molecule has 2 fully saturated rings. The van der Waals surface area contributed by atoms with E-state index in [2.05, 4.69) is 4.98 Å². The third-order valence-electron chi connectivity index (χ3n) is 5.00. The molecule has 27 heavy (non-hydrogen) atoms. The Morgan fingerprint density at radius 2 is 2.04 bits per heavy atom. The minimum Gasteiger partial charge on any atom is -0.478 e. The minimum absolute atomic E-state index is 0.0235. The molecule has 0 bridgehead atoms. The summed E-state index contributed by atoms with van der Waals surface area (Å²) in [5, 5.41) is 9.27. The predicted molar refractivity (Wildman–Crippen MR) is 100 cm³/mol. The monoisotopic (exact) mass is 386 g/mol. The van der Waals surface area contributed by atoms with E-state index in [4.69, 9.17) is 21.4 Å². The normalized spacial score (nSPS) is 19.7. The second kappa shape index (κ2) is 7.29. The lowest BCUT2D eigenvalue weighted by atomic mass is 10.1. The van der Waals surface area contributed by atoms with Gasteiger partial charge in [-0.05, 0) is 37.0 Å². The van der Waals surface area contributed by atoms with Gasteiger partial charge < -0.3 is 14.7 Å². The second-order valence-electron chi connectivity index (χ2n) is 6.94. The number of hydrogen-bond donors (Lipinski definition) is 1. The SMILES string of the molecule is O=C(O)c1cnc(-c2cccc(C(=O)N3CCO[C@@H](C4CC4)C3)c2)c(Cl)c1. The molecule has 6 nitrogen and oxygen atoms in total. The molecule has 0 spiro atoms. The molecule has 140 valence electrons. The summed E-state index contributed by atoms with van der Waals surface area (Å²) in [6.07, 6.45) is 3.77. The quantitative estimate of drug-likeness (QED) is 0.871. The van der Waals surface area contributed by atoms with Crippen LogP contribution in [0.4, 0.5) is 0 Å². The van der Waals surface area contributed by atoms with Gasteiger partial charge in [0.2, 0.25) is 0 Å². The van der Waals surface area contributed by atoms with Crippen molar-refractivity contribution in [1.82, 2.24) is 9.88 Å². The van der Waals surface area contributed by atoms with Crippen LogP contribution in [-0.4, -0.2) is 52.7 Å². The Labute approximate surface area is 161 Å². The van der Waals surface area contributed by atoms with Gasteiger partial charge in [-0.15, -0.1) is 0 Å². The first-order valence-corrected chi connectivity index (χ1v) is 9.31. The Morgan fingerprint density at radius 1 is 1.22 bits per heavy atom. The third kappa shape index (κ3) is 3.82. The van der Waals surface area contributed by atoms with Gasteiger partial charge in [0.15, 0.2) is 0 Å². The second-order valence-corrected chi connectivity index (χ2v) is 7.35. The zero-order valence-electron chi connectivity index (χ0n) is 14.6. The van der Waals surface area contributed by atoms with Crippen LogP contribution < -0.4 is 0 Å². The number of rotatable bonds is 4. The molecule has 7 heteroatoms. The summed E-state index contributed by atoms with van der Waals surface area (Å²) in [7, 11) is 0. The van der Waals surface area contributed by atoms with Crippen LogP contribution in [0.5, 0.6) is 0 Å². The number of nitrogens with zero attached hydrogens (tertiary/aromatic N) is 2. The number of pyridine rings is 1. The van der Waals surface area contributed by atoms with Crippen molar-refractivity contribution >= 4 is 23.5 Å². The van der Waals surface area contributed by atoms with Crippen LogP contribution in [0, 0.1) is 5.92 Å². The van der Waals surface area contributed by atoms with Crippen LogP contribution in [0.1, 0.15) is 33.6 Å². The first kappa shape index (κ1) is 17.9. The van der Waals surface area contributed by atoms with Crippen LogP contribution in [0.25, 0.3) is 11.3 Å². The number of aromatic carboxylic acids is 1. The van der Waals surface area contributed by atoms with Crippen molar-refractivity contribution in [3.63, 3.8) is 0 Å². The molecule has 2 aliphatic rings. The number of amides is 1. The van der Waals surface area contributed by atoms with Crippen LogP contribution in [-0.2, 0) is 4.74 Å². The summed E-state index contributed by atoms with van der Waals surface area (Å²) in [6.45, 7) is 1.77. The van der Waals surface area contributed by atoms with Crippen LogP contribution in [0.15, 0.2) is 36.5 Å². The van der Waals surface area contributed by atoms with E-state index in [0.29, 0.717) is 42.4 Å². The number of ether oxygens (including phenoxy) is 1. The molecule has 1 aromatic carbocycles. The van der Waals surface area contributed by atoms with Crippen molar-refractivity contribution < 1.29 is 19.4 Å². The van der Waals surface area contributed by atoms with E-state index in [-0.39, 0.29) is 22.6 Å². The zero-order valence-corrected chi connectivity index (χ0v) is 15.4. The predicted octanol–water partition coefficient (Wildman–Crippen LogP) is 3.35. The van der Waals surface area contributed by atoms with Gasteiger partial charge in [-0.3, -0.25) is 9.78 Å². The Hall–Kier alpha value is -2.44. The highest BCUT2D eigenvalue weighted by Gasteiger charge is 2.36. The van der Waals surface area contributed by atoms with E-state index >= 15 is 0 Å². The molecule has 2 heterocycles. The minimum atomic E-state index is -1.09. The van der Waals surface area contributed by atoms with Gasteiger partial charge in [-0.25, -0.2) is 4.79 Å². The van der Waals surface area contributed by atoms with Crippen LogP contribution in [0.3, 0.4) is 0 Å². The maximum absolute atomic E-state index is 12.9. The van der Waals surface area contributed by atoms with Gasteiger partial charge in [0.25, 0.3) is 5.91 Å². The van der Waals surface area contributed by atoms with Crippen molar-refractivity contribution in [2.75, 3.05) is 19.7 Å². The van der Waals surface area contributed by atoms with Crippen molar-refractivity contribution in [2.45, 2.75) is 18.9 Å². The average molecular weight is 387 g/mol. The Balaban J connectivity index is 1.57. The van der Waals surface area contributed by atoms with Crippen molar-refractivity contribution in [3.8, 4) is 11.3 Å². The number of carbonyl (C=O) groups is 2. The van der Waals surface area contributed by atoms with Crippen LogP contribution >= 0.6 is 11.6 Å². The van der Waals surface area contributed by atoms with Gasteiger partial charge in [-0.1, -0.05) is 23.7 Å². The Morgan fingerprint density at radius 3 is 2.74 bits per heavy atom. The highest BCUT2D eigenvalue weighted by atomic mass is 35.5. The highest BCUT2D eigenvalue weighted by Crippen LogP contribution is 2.36. The smallest absolute Gasteiger partial charge is 0.337 e. The molecule has 1 aromatic heterocycles. The summed E-state index contributed by atoms with van der Waals surface area (Å²) in [5.74, 6) is -0.538. The van der Waals surface area contributed by atoms with Crippen molar-refractivity contribution in [2.24, 2.45) is 5.92 Å². The molecule has 1 N–H and O–H groups in total. The van der Waals surface area contributed by atoms with E-state index in [1.165, 1.54) is 25.1 Å². The van der Waals surface area contributed by atoms with Gasteiger partial charge in [-0.2, -0.15) is 0 Å². The van der Waals surface area contributed by atoms with Crippen molar-refractivity contribution in [3.05, 3.63) is 52.7 Å². The number of carboxylic acid groups (broad SMARTS) is 1. The molecule has 1 saturated carbocycles. The molecular formula is C20H19ClN2O4. The van der Waals surface area contributed by atoms with E-state index in [9.17, 15) is 9.59 Å². The molecule has 0 radical (unpaired) electrons. The number of carboxylic acids is 1. The van der Waals surface area contributed by atoms with Gasteiger partial charge in [0, 0.05) is 30.4 Å². The number of morpholine rings is 1. The Kier molecular flexibility index (Phi) is 4.85. The highest BCUT2D eigenvalue weighted by molar-refractivity contribution is 6.33. The maximum Gasteiger partial charge on any atom is 0.337 e. The summed E-state index contributed by atoms with van der Waals surface area (Å²) < 4.78 is 5.79. The topological polar surface area (TPSA) is 79.7 Å². The van der Waals surface area contributed by atoms with Crippen molar-refractivity contribution in [1.29, 1.82) is 0 Å².